The first-order valence-corrected chi connectivity index (χ1v) is 10.5. The Morgan fingerprint density at radius 2 is 1.03 bits per heavy atom. The van der Waals surface area contributed by atoms with Crippen molar-refractivity contribution in [2.75, 3.05) is 0 Å². The van der Waals surface area contributed by atoms with Gasteiger partial charge in [-0.1, -0.05) is 0 Å². The monoisotopic (exact) mass is 490 g/mol. The number of nitrogens with one attached hydrogen (secondary N) is 2. The lowest BCUT2D eigenvalue weighted by molar-refractivity contribution is -0.137. The molecule has 0 spiro atoms. The maximum absolute atomic E-state index is 11.4. The zero-order valence-corrected chi connectivity index (χ0v) is 20.9. The van der Waals surface area contributed by atoms with Crippen molar-refractivity contribution in [3.63, 3.8) is 0 Å². The van der Waals surface area contributed by atoms with Crippen LogP contribution in [0.15, 0.2) is 0 Å². The number of rotatable bonds is 10. The molecule has 0 saturated heterocycles. The summed E-state index contributed by atoms with van der Waals surface area (Å²) in [5, 5.41) is 13.3. The van der Waals surface area contributed by atoms with Gasteiger partial charge in [0.05, 0.1) is 12.5 Å². The van der Waals surface area contributed by atoms with Crippen molar-refractivity contribution in [1.82, 2.24) is 10.6 Å². The van der Waals surface area contributed by atoms with E-state index in [4.69, 9.17) is 26.0 Å². The minimum atomic E-state index is -1.13. The van der Waals surface area contributed by atoms with E-state index in [1.807, 2.05) is 0 Å². The van der Waals surface area contributed by atoms with E-state index in [0.29, 0.717) is 0 Å². The highest BCUT2D eigenvalue weighted by Gasteiger charge is 2.23. The first-order valence-electron chi connectivity index (χ1n) is 10.5. The average molecular weight is 491 g/mol. The highest BCUT2D eigenvalue weighted by molar-refractivity contribution is 5.80. The summed E-state index contributed by atoms with van der Waals surface area (Å²) in [6, 6.07) is -1.47. The van der Waals surface area contributed by atoms with E-state index >= 15 is 0 Å². The van der Waals surface area contributed by atoms with Crippen molar-refractivity contribution in [1.29, 1.82) is 0 Å². The molecule has 0 aromatic carbocycles. The van der Waals surface area contributed by atoms with Gasteiger partial charge in [0, 0.05) is 25.3 Å². The minimum Gasteiger partial charge on any atom is -0.481 e. The first-order chi connectivity index (χ1) is 15.2. The molecule has 13 heteroatoms. The van der Waals surface area contributed by atoms with Gasteiger partial charge in [-0.3, -0.25) is 19.2 Å². The molecule has 13 nitrogen and oxygen atoms in total. The summed E-state index contributed by atoms with van der Waals surface area (Å²) >= 11 is 0. The molecule has 0 unspecified atom stereocenters. The van der Waals surface area contributed by atoms with Crippen LogP contribution in [0.2, 0.25) is 0 Å². The molecule has 0 aliphatic rings. The number of aliphatic carboxylic acids is 1. The summed E-state index contributed by atoms with van der Waals surface area (Å²) in [7, 11) is 0. The van der Waals surface area contributed by atoms with Crippen LogP contribution in [0.5, 0.6) is 0 Å². The largest absolute Gasteiger partial charge is 0.481 e. The molecule has 34 heavy (non-hydrogen) atoms. The number of hydrogen-bond donors (Lipinski definition) is 5. The molecule has 0 rings (SSSR count). The number of carboxylic acids is 1. The molecule has 2 atom stereocenters. The van der Waals surface area contributed by atoms with E-state index in [9.17, 15) is 28.8 Å². The highest BCUT2D eigenvalue weighted by atomic mass is 16.6. The molecule has 0 fully saturated rings. The van der Waals surface area contributed by atoms with Crippen LogP contribution >= 0.6 is 0 Å². The fourth-order valence-electron chi connectivity index (χ4n) is 2.34. The smallest absolute Gasteiger partial charge is 0.407 e. The van der Waals surface area contributed by atoms with Crippen LogP contribution < -0.4 is 22.1 Å². The predicted octanol–water partition coefficient (Wildman–Crippen LogP) is 0.964. The van der Waals surface area contributed by atoms with Crippen molar-refractivity contribution in [2.24, 2.45) is 11.5 Å². The van der Waals surface area contributed by atoms with Crippen molar-refractivity contribution in [3.8, 4) is 0 Å². The van der Waals surface area contributed by atoms with Gasteiger partial charge in [0.2, 0.25) is 11.8 Å². The van der Waals surface area contributed by atoms with Gasteiger partial charge >= 0.3 is 18.2 Å². The number of carboxylic acid groups (broad SMARTS) is 1. The molecule has 0 radical (unpaired) electrons. The van der Waals surface area contributed by atoms with Gasteiger partial charge in [-0.25, -0.2) is 9.59 Å². The van der Waals surface area contributed by atoms with Gasteiger partial charge in [0.25, 0.3) is 0 Å². The first kappa shape index (κ1) is 32.8. The zero-order chi connectivity index (χ0) is 27.3. The Morgan fingerprint density at radius 1 is 0.706 bits per heavy atom. The summed E-state index contributed by atoms with van der Waals surface area (Å²) in [6.07, 6.45) is -2.09. The maximum atomic E-state index is 11.4. The van der Waals surface area contributed by atoms with E-state index in [0.717, 1.165) is 0 Å². The Morgan fingerprint density at radius 3 is 1.26 bits per heavy atom. The average Bonchev–Trinajstić information content (AvgIpc) is 2.48. The molecule has 196 valence electrons. The van der Waals surface area contributed by atoms with E-state index in [-0.39, 0.29) is 31.5 Å². The summed E-state index contributed by atoms with van der Waals surface area (Å²) in [6.45, 7) is 11.6. The molecular formula is C21H38N4O9. The lowest BCUT2D eigenvalue weighted by atomic mass is 10.1. The van der Waals surface area contributed by atoms with Crippen LogP contribution in [0.25, 0.3) is 0 Å². The molecule has 0 bridgehead atoms. The molecule has 7 N–H and O–H groups in total. The fraction of sp³-hybridized carbons (Fsp3) is 0.714. The topological polar surface area (TPSA) is 217 Å². The van der Waals surface area contributed by atoms with Gasteiger partial charge in [0.1, 0.15) is 17.0 Å². The summed E-state index contributed by atoms with van der Waals surface area (Å²) < 4.78 is 9.95. The molecule has 0 saturated carbocycles. The summed E-state index contributed by atoms with van der Waals surface area (Å²) in [5.41, 5.74) is 8.66. The van der Waals surface area contributed by atoms with Gasteiger partial charge < -0.3 is 36.7 Å². The molecule has 4 amide bonds. The number of nitrogens with two attached hydrogens (primary N) is 2. The lowest BCUT2D eigenvalue weighted by Gasteiger charge is -2.22. The minimum absolute atomic E-state index is 0.0577. The van der Waals surface area contributed by atoms with Gasteiger partial charge in [-0.05, 0) is 48.5 Å². The zero-order valence-electron chi connectivity index (χ0n) is 20.9. The normalized spacial score (nSPS) is 12.7. The van der Waals surface area contributed by atoms with Crippen molar-refractivity contribution in [2.45, 2.75) is 97.4 Å². The molecular weight excluding hydrogens is 452 g/mol. The van der Waals surface area contributed by atoms with Gasteiger partial charge in [0.15, 0.2) is 0 Å². The number of ether oxygens (including phenoxy) is 2. The number of primary amides is 2. The second-order valence-electron chi connectivity index (χ2n) is 9.53. The number of alkyl carbamates (subject to hydrolysis) is 2. The standard InChI is InChI=1S/C11H20N2O4.C10H18N2O5/c1-7(14)5-8(6-9(12)15)13-10(16)17-11(2,3)4;1-10(2,3)17-9(16)12-6(4-7(11)13)5-8(14)15/h8H,5-6H2,1-4H3,(H2,12,15)(H,13,16);6H,4-5H2,1-3H3,(H2,11,13)(H,12,16)(H,14,15)/t8-;6-/m10/s1. The van der Waals surface area contributed by atoms with Crippen LogP contribution in [0.3, 0.4) is 0 Å². The summed E-state index contributed by atoms with van der Waals surface area (Å²) in [5.74, 6) is -2.53. The quantitative estimate of drug-likeness (QED) is 0.294. The Balaban J connectivity index is 0. The number of carbonyl (C=O) groups excluding carboxylic acids is 5. The van der Waals surface area contributed by atoms with Gasteiger partial charge in [-0.15, -0.1) is 0 Å². The Hall–Kier alpha value is -3.38. The SMILES string of the molecule is CC(=O)C[C@H](CC(N)=O)NC(=O)OC(C)(C)C.CC(C)(C)OC(=O)N[C@@H](CC(N)=O)CC(=O)O. The third kappa shape index (κ3) is 23.3. The van der Waals surface area contributed by atoms with Gasteiger partial charge in [-0.2, -0.15) is 0 Å². The Bertz CT molecular complexity index is 646. The van der Waals surface area contributed by atoms with E-state index < -0.39 is 53.3 Å². The predicted molar refractivity (Wildman–Crippen MR) is 121 cm³/mol. The molecule has 0 heterocycles. The maximum Gasteiger partial charge on any atom is 0.407 e. The lowest BCUT2D eigenvalue weighted by Crippen LogP contribution is -2.42. The number of ketones is 1. The van der Waals surface area contributed by atoms with Crippen molar-refractivity contribution >= 4 is 35.8 Å². The third-order valence-electron chi connectivity index (χ3n) is 3.29. The fourth-order valence-corrected chi connectivity index (χ4v) is 2.34. The molecule has 0 aromatic rings. The second kappa shape index (κ2) is 14.7. The molecule has 0 aromatic heterocycles. The third-order valence-corrected chi connectivity index (χ3v) is 3.29. The van der Waals surface area contributed by atoms with Crippen LogP contribution in [0.4, 0.5) is 9.59 Å². The van der Waals surface area contributed by atoms with E-state index in [1.54, 1.807) is 41.5 Å². The summed E-state index contributed by atoms with van der Waals surface area (Å²) in [4.78, 5) is 65.7. The van der Waals surface area contributed by atoms with Crippen LogP contribution in [-0.4, -0.2) is 64.1 Å². The van der Waals surface area contributed by atoms with E-state index in [2.05, 4.69) is 10.6 Å². The Kier molecular flexibility index (Phi) is 14.2. The molecule has 0 aliphatic heterocycles. The number of amides is 4. The number of Topliss-reactive ketones (excluding diaryl/α,β-unsaturated/α-hetero) is 1. The second-order valence-corrected chi connectivity index (χ2v) is 9.53. The van der Waals surface area contributed by atoms with Crippen molar-refractivity contribution < 1.29 is 43.3 Å². The number of carbonyl (C=O) groups is 6. The Labute approximate surface area is 199 Å². The van der Waals surface area contributed by atoms with Crippen LogP contribution in [0.1, 0.15) is 74.1 Å². The number of hydrogen-bond acceptors (Lipinski definition) is 8. The van der Waals surface area contributed by atoms with Crippen molar-refractivity contribution in [3.05, 3.63) is 0 Å². The van der Waals surface area contributed by atoms with Crippen LogP contribution in [-0.2, 0) is 28.7 Å². The van der Waals surface area contributed by atoms with Crippen LogP contribution in [0, 0.1) is 0 Å². The highest BCUT2D eigenvalue weighted by Crippen LogP contribution is 2.09. The molecule has 0 aliphatic carbocycles. The van der Waals surface area contributed by atoms with E-state index in [1.165, 1.54) is 6.92 Å².